The predicted molar refractivity (Wildman–Crippen MR) is 71.2 cm³/mol. The van der Waals surface area contributed by atoms with Gasteiger partial charge >= 0.3 is 5.97 Å². The molecule has 17 heavy (non-hydrogen) atoms. The first-order chi connectivity index (χ1) is 8.11. The van der Waals surface area contributed by atoms with E-state index in [2.05, 4.69) is 24.9 Å². The zero-order valence-electron chi connectivity index (χ0n) is 10.7. The molecule has 100 valence electrons. The van der Waals surface area contributed by atoms with E-state index in [1.807, 2.05) is 0 Å². The standard InChI is InChI=1S/C12H23NO3S/c1-3-4-5-6-7-8-16-12(15)11(9-17)13-10(2)14/h11,17H,3-9H2,1-2H3,(H,13,14)/t11-/m0/s1. The molecule has 5 heteroatoms. The van der Waals surface area contributed by atoms with Gasteiger partial charge in [0, 0.05) is 12.7 Å². The van der Waals surface area contributed by atoms with Gasteiger partial charge in [0.05, 0.1) is 6.61 Å². The Morgan fingerprint density at radius 2 is 1.88 bits per heavy atom. The smallest absolute Gasteiger partial charge is 0.329 e. The summed E-state index contributed by atoms with van der Waals surface area (Å²) in [6.45, 7) is 3.95. The average molecular weight is 261 g/mol. The predicted octanol–water partition coefficient (Wildman–Crippen LogP) is 1.93. The number of amides is 1. The summed E-state index contributed by atoms with van der Waals surface area (Å²) in [5.74, 6) is -0.386. The van der Waals surface area contributed by atoms with Crippen LogP contribution >= 0.6 is 12.6 Å². The van der Waals surface area contributed by atoms with Gasteiger partial charge in [0.2, 0.25) is 5.91 Å². The van der Waals surface area contributed by atoms with Crippen LogP contribution in [0.3, 0.4) is 0 Å². The molecule has 0 aliphatic rings. The highest BCUT2D eigenvalue weighted by Crippen LogP contribution is 2.03. The van der Waals surface area contributed by atoms with Crippen molar-refractivity contribution in [3.05, 3.63) is 0 Å². The van der Waals surface area contributed by atoms with Gasteiger partial charge in [0.25, 0.3) is 0 Å². The number of rotatable bonds is 9. The molecule has 0 saturated heterocycles. The molecule has 0 rings (SSSR count). The van der Waals surface area contributed by atoms with Gasteiger partial charge in [-0.1, -0.05) is 32.6 Å². The molecular formula is C12H23NO3S. The van der Waals surface area contributed by atoms with Crippen molar-refractivity contribution in [1.29, 1.82) is 0 Å². The molecule has 0 aromatic carbocycles. The van der Waals surface area contributed by atoms with Crippen LogP contribution in [0.5, 0.6) is 0 Å². The topological polar surface area (TPSA) is 55.4 Å². The number of thiol groups is 1. The van der Waals surface area contributed by atoms with Crippen molar-refractivity contribution in [2.45, 2.75) is 52.0 Å². The first kappa shape index (κ1) is 16.3. The number of carbonyl (C=O) groups is 2. The lowest BCUT2D eigenvalue weighted by Gasteiger charge is -2.14. The summed E-state index contributed by atoms with van der Waals surface area (Å²) in [5, 5.41) is 2.50. The Balaban J connectivity index is 3.64. The van der Waals surface area contributed by atoms with E-state index in [0.29, 0.717) is 6.61 Å². The molecule has 1 amide bonds. The van der Waals surface area contributed by atoms with E-state index in [1.54, 1.807) is 0 Å². The maximum absolute atomic E-state index is 11.5. The number of carbonyl (C=O) groups excluding carboxylic acids is 2. The van der Waals surface area contributed by atoms with Crippen molar-refractivity contribution in [1.82, 2.24) is 5.32 Å². The maximum Gasteiger partial charge on any atom is 0.329 e. The van der Waals surface area contributed by atoms with Crippen LogP contribution < -0.4 is 5.32 Å². The van der Waals surface area contributed by atoms with Gasteiger partial charge in [-0.2, -0.15) is 12.6 Å². The van der Waals surface area contributed by atoms with Crippen LogP contribution in [0, 0.1) is 0 Å². The Kier molecular flexibility index (Phi) is 10.0. The summed E-state index contributed by atoms with van der Waals surface area (Å²) >= 11 is 4.01. The van der Waals surface area contributed by atoms with Crippen LogP contribution in [0.25, 0.3) is 0 Å². The Morgan fingerprint density at radius 1 is 1.24 bits per heavy atom. The molecule has 0 aliphatic heterocycles. The fraction of sp³-hybridized carbons (Fsp3) is 0.833. The van der Waals surface area contributed by atoms with Crippen LogP contribution in [-0.4, -0.2) is 30.3 Å². The van der Waals surface area contributed by atoms with Crippen molar-refractivity contribution in [2.75, 3.05) is 12.4 Å². The number of unbranched alkanes of at least 4 members (excludes halogenated alkanes) is 4. The molecule has 0 saturated carbocycles. The number of hydrogen-bond acceptors (Lipinski definition) is 4. The zero-order chi connectivity index (χ0) is 13.1. The van der Waals surface area contributed by atoms with Gasteiger partial charge in [0.15, 0.2) is 0 Å². The fourth-order valence-corrected chi connectivity index (χ4v) is 1.64. The fourth-order valence-electron chi connectivity index (χ4n) is 1.40. The number of ether oxygens (including phenoxy) is 1. The summed E-state index contributed by atoms with van der Waals surface area (Å²) in [5.41, 5.74) is 0. The Labute approximate surface area is 109 Å². The molecule has 0 unspecified atom stereocenters. The lowest BCUT2D eigenvalue weighted by Crippen LogP contribution is -2.42. The maximum atomic E-state index is 11.5. The first-order valence-electron chi connectivity index (χ1n) is 6.16. The summed E-state index contributed by atoms with van der Waals surface area (Å²) in [6, 6.07) is -0.633. The largest absolute Gasteiger partial charge is 0.464 e. The molecule has 1 N–H and O–H groups in total. The third kappa shape index (κ3) is 9.03. The van der Waals surface area contributed by atoms with E-state index in [4.69, 9.17) is 4.74 Å². The van der Waals surface area contributed by atoms with Crippen LogP contribution in [-0.2, 0) is 14.3 Å². The second-order valence-electron chi connectivity index (χ2n) is 4.02. The van der Waals surface area contributed by atoms with Crippen LogP contribution in [0.2, 0.25) is 0 Å². The highest BCUT2D eigenvalue weighted by atomic mass is 32.1. The van der Waals surface area contributed by atoms with Crippen molar-refractivity contribution in [2.24, 2.45) is 0 Å². The minimum absolute atomic E-state index is 0.246. The van der Waals surface area contributed by atoms with Crippen molar-refractivity contribution in [3.63, 3.8) is 0 Å². The van der Waals surface area contributed by atoms with Crippen molar-refractivity contribution < 1.29 is 14.3 Å². The summed E-state index contributed by atoms with van der Waals surface area (Å²) < 4.78 is 5.07. The average Bonchev–Trinajstić information content (AvgIpc) is 2.30. The molecule has 0 heterocycles. The van der Waals surface area contributed by atoms with E-state index in [-0.39, 0.29) is 11.7 Å². The van der Waals surface area contributed by atoms with Gasteiger partial charge in [-0.05, 0) is 6.42 Å². The first-order valence-corrected chi connectivity index (χ1v) is 6.79. The molecule has 0 fully saturated rings. The lowest BCUT2D eigenvalue weighted by molar-refractivity contribution is -0.147. The van der Waals surface area contributed by atoms with Gasteiger partial charge in [-0.25, -0.2) is 4.79 Å². The quantitative estimate of drug-likeness (QED) is 0.379. The van der Waals surface area contributed by atoms with Crippen LogP contribution in [0.4, 0.5) is 0 Å². The van der Waals surface area contributed by atoms with Gasteiger partial charge in [0.1, 0.15) is 6.04 Å². The highest BCUT2D eigenvalue weighted by Gasteiger charge is 2.18. The molecule has 0 bridgehead atoms. The molecule has 0 aliphatic carbocycles. The summed E-state index contributed by atoms with van der Waals surface area (Å²) in [4.78, 5) is 22.3. The third-order valence-electron chi connectivity index (χ3n) is 2.34. The zero-order valence-corrected chi connectivity index (χ0v) is 11.6. The number of hydrogen-bond donors (Lipinski definition) is 2. The van der Waals surface area contributed by atoms with E-state index < -0.39 is 12.0 Å². The molecule has 0 aromatic rings. The lowest BCUT2D eigenvalue weighted by atomic mass is 10.2. The molecule has 4 nitrogen and oxygen atoms in total. The highest BCUT2D eigenvalue weighted by molar-refractivity contribution is 7.80. The minimum atomic E-state index is -0.633. The van der Waals surface area contributed by atoms with E-state index in [0.717, 1.165) is 12.8 Å². The molecule has 0 aromatic heterocycles. The monoisotopic (exact) mass is 261 g/mol. The van der Waals surface area contributed by atoms with Gasteiger partial charge in [-0.3, -0.25) is 4.79 Å². The molecule has 0 spiro atoms. The Morgan fingerprint density at radius 3 is 2.41 bits per heavy atom. The molecule has 0 radical (unpaired) electrons. The minimum Gasteiger partial charge on any atom is -0.464 e. The van der Waals surface area contributed by atoms with E-state index in [1.165, 1.54) is 26.2 Å². The van der Waals surface area contributed by atoms with Crippen LogP contribution in [0.1, 0.15) is 46.0 Å². The summed E-state index contributed by atoms with van der Waals surface area (Å²) in [6.07, 6.45) is 5.55. The second kappa shape index (κ2) is 10.4. The van der Waals surface area contributed by atoms with Gasteiger partial charge in [-0.15, -0.1) is 0 Å². The normalized spacial score (nSPS) is 11.9. The third-order valence-corrected chi connectivity index (χ3v) is 2.70. The van der Waals surface area contributed by atoms with Gasteiger partial charge < -0.3 is 10.1 Å². The van der Waals surface area contributed by atoms with Crippen LogP contribution in [0.15, 0.2) is 0 Å². The molecular weight excluding hydrogens is 238 g/mol. The number of esters is 1. The number of nitrogens with one attached hydrogen (secondary N) is 1. The second-order valence-corrected chi connectivity index (χ2v) is 4.38. The van der Waals surface area contributed by atoms with Crippen molar-refractivity contribution >= 4 is 24.5 Å². The van der Waals surface area contributed by atoms with E-state index >= 15 is 0 Å². The molecule has 1 atom stereocenters. The van der Waals surface area contributed by atoms with E-state index in [9.17, 15) is 9.59 Å². The van der Waals surface area contributed by atoms with Crippen molar-refractivity contribution in [3.8, 4) is 0 Å². The summed E-state index contributed by atoms with van der Waals surface area (Å²) in [7, 11) is 0. The Bertz CT molecular complexity index is 234. The SMILES string of the molecule is CCCCCCCOC(=O)[C@H](CS)NC(C)=O. The Hall–Kier alpha value is -0.710.